The zero-order valence-electron chi connectivity index (χ0n) is 11.4. The summed E-state index contributed by atoms with van der Waals surface area (Å²) in [6.45, 7) is 8.89. The van der Waals surface area contributed by atoms with E-state index in [0.29, 0.717) is 6.54 Å². The number of likely N-dealkylation sites (tertiary alicyclic amines) is 1. The molecule has 2 amide bonds. The van der Waals surface area contributed by atoms with Crippen molar-refractivity contribution in [2.45, 2.75) is 53.4 Å². The Morgan fingerprint density at radius 2 is 1.94 bits per heavy atom. The van der Waals surface area contributed by atoms with Crippen molar-refractivity contribution in [3.63, 3.8) is 0 Å². The molecule has 1 saturated heterocycles. The predicted molar refractivity (Wildman–Crippen MR) is 66.2 cm³/mol. The van der Waals surface area contributed by atoms with Crippen LogP contribution in [0.15, 0.2) is 0 Å². The number of carbonyl (C=O) groups is 2. The molecule has 2 bridgehead atoms. The molecule has 2 fully saturated rings. The maximum Gasteiger partial charge on any atom is 0.235 e. The van der Waals surface area contributed by atoms with Crippen LogP contribution < -0.4 is 0 Å². The first-order valence-corrected chi connectivity index (χ1v) is 6.72. The van der Waals surface area contributed by atoms with Crippen LogP contribution in [0.1, 0.15) is 53.4 Å². The third kappa shape index (κ3) is 1.47. The van der Waals surface area contributed by atoms with Crippen LogP contribution in [-0.4, -0.2) is 23.3 Å². The van der Waals surface area contributed by atoms with Crippen LogP contribution in [0, 0.1) is 16.7 Å². The van der Waals surface area contributed by atoms with Gasteiger partial charge >= 0.3 is 0 Å². The van der Waals surface area contributed by atoms with E-state index in [4.69, 9.17) is 0 Å². The van der Waals surface area contributed by atoms with E-state index in [0.717, 1.165) is 25.7 Å². The summed E-state index contributed by atoms with van der Waals surface area (Å²) in [5, 5.41) is 0. The lowest BCUT2D eigenvalue weighted by Crippen LogP contribution is -2.59. The molecule has 0 spiro atoms. The molecule has 3 nitrogen and oxygen atoms in total. The van der Waals surface area contributed by atoms with E-state index in [-0.39, 0.29) is 28.6 Å². The van der Waals surface area contributed by atoms with Crippen molar-refractivity contribution < 1.29 is 9.59 Å². The molecule has 2 aliphatic rings. The highest BCUT2D eigenvalue weighted by molar-refractivity contribution is 6.03. The molecular formula is C14H23NO2. The number of fused-ring (bicyclic) bond motifs is 2. The molecule has 1 aliphatic carbocycles. The number of nitrogens with zero attached hydrogens (tertiary/aromatic N) is 1. The summed E-state index contributed by atoms with van der Waals surface area (Å²) in [6, 6.07) is 0. The van der Waals surface area contributed by atoms with Gasteiger partial charge in [0.1, 0.15) is 0 Å². The molecule has 1 aliphatic heterocycles. The number of amides is 2. The number of rotatable bonds is 3. The Balaban J connectivity index is 2.32. The molecule has 2 rings (SSSR count). The highest BCUT2D eigenvalue weighted by Crippen LogP contribution is 2.59. The van der Waals surface area contributed by atoms with Gasteiger partial charge in [0.25, 0.3) is 0 Å². The number of carbonyl (C=O) groups excluding carboxylic acids is 2. The minimum absolute atomic E-state index is 0.0436. The Kier molecular flexibility index (Phi) is 2.83. The lowest BCUT2D eigenvalue weighted by Gasteiger charge is -2.47. The van der Waals surface area contributed by atoms with Gasteiger partial charge in [-0.1, -0.05) is 34.1 Å². The fraction of sp³-hybridized carbons (Fsp3) is 0.857. The minimum Gasteiger partial charge on any atom is -0.282 e. The maximum absolute atomic E-state index is 12.5. The zero-order chi connectivity index (χ0) is 12.8. The van der Waals surface area contributed by atoms with Crippen molar-refractivity contribution in [1.82, 2.24) is 4.90 Å². The fourth-order valence-corrected chi connectivity index (χ4v) is 3.43. The monoisotopic (exact) mass is 237 g/mol. The Morgan fingerprint density at radius 1 is 1.29 bits per heavy atom. The van der Waals surface area contributed by atoms with Gasteiger partial charge in [0.15, 0.2) is 0 Å². The lowest BCUT2D eigenvalue weighted by atomic mass is 9.62. The van der Waals surface area contributed by atoms with Crippen molar-refractivity contribution in [1.29, 1.82) is 0 Å². The second-order valence-corrected chi connectivity index (χ2v) is 6.29. The van der Waals surface area contributed by atoms with E-state index in [1.165, 1.54) is 4.90 Å². The van der Waals surface area contributed by atoms with Crippen molar-refractivity contribution >= 4 is 11.8 Å². The van der Waals surface area contributed by atoms with Crippen LogP contribution in [0.5, 0.6) is 0 Å². The molecule has 0 aromatic rings. The first kappa shape index (κ1) is 12.6. The second-order valence-electron chi connectivity index (χ2n) is 6.29. The molecule has 1 heterocycles. The normalized spacial score (nSPS) is 35.5. The average molecular weight is 237 g/mol. The predicted octanol–water partition coefficient (Wildman–Crippen LogP) is 2.60. The van der Waals surface area contributed by atoms with E-state index >= 15 is 0 Å². The number of imide groups is 1. The molecule has 96 valence electrons. The molecule has 2 atom stereocenters. The van der Waals surface area contributed by atoms with Gasteiger partial charge in [-0.2, -0.15) is 0 Å². The van der Waals surface area contributed by atoms with E-state index < -0.39 is 0 Å². The summed E-state index contributed by atoms with van der Waals surface area (Å²) in [5.74, 6) is 0.181. The van der Waals surface area contributed by atoms with Crippen LogP contribution in [0.4, 0.5) is 0 Å². The van der Waals surface area contributed by atoms with Gasteiger partial charge in [0, 0.05) is 12.5 Å². The van der Waals surface area contributed by atoms with E-state index in [1.807, 2.05) is 6.92 Å². The van der Waals surface area contributed by atoms with Crippen molar-refractivity contribution in [2.75, 3.05) is 6.54 Å². The van der Waals surface area contributed by atoms with Crippen LogP contribution in [-0.2, 0) is 9.59 Å². The number of hydrogen-bond donors (Lipinski definition) is 0. The molecule has 0 N–H and O–H groups in total. The van der Waals surface area contributed by atoms with Crippen LogP contribution in [0.3, 0.4) is 0 Å². The lowest BCUT2D eigenvalue weighted by molar-refractivity contribution is -0.167. The van der Waals surface area contributed by atoms with E-state index in [9.17, 15) is 9.59 Å². The standard InChI is InChI=1S/C14H23NO2/c1-5-6-9-15-11(16)10-7-8-14(4,12(15)17)13(10,2)3/h10H,5-9H2,1-4H3/t10-,14+/m0/s1. The Labute approximate surface area is 104 Å². The largest absolute Gasteiger partial charge is 0.282 e. The van der Waals surface area contributed by atoms with E-state index in [1.54, 1.807) is 0 Å². The van der Waals surface area contributed by atoms with Gasteiger partial charge in [-0.15, -0.1) is 0 Å². The van der Waals surface area contributed by atoms with Crippen LogP contribution in [0.2, 0.25) is 0 Å². The summed E-state index contributed by atoms with van der Waals surface area (Å²) >= 11 is 0. The first-order valence-electron chi connectivity index (χ1n) is 6.72. The molecular weight excluding hydrogens is 214 g/mol. The average Bonchev–Trinajstić information content (AvgIpc) is 2.45. The Morgan fingerprint density at radius 3 is 2.53 bits per heavy atom. The molecule has 0 radical (unpaired) electrons. The summed E-state index contributed by atoms with van der Waals surface area (Å²) in [7, 11) is 0. The van der Waals surface area contributed by atoms with Gasteiger partial charge in [0.2, 0.25) is 11.8 Å². The maximum atomic E-state index is 12.5. The van der Waals surface area contributed by atoms with Crippen LogP contribution in [0.25, 0.3) is 0 Å². The molecule has 0 aromatic carbocycles. The van der Waals surface area contributed by atoms with Crippen LogP contribution >= 0.6 is 0 Å². The Hall–Kier alpha value is -0.860. The molecule has 17 heavy (non-hydrogen) atoms. The quantitative estimate of drug-likeness (QED) is 0.707. The first-order chi connectivity index (χ1) is 7.86. The van der Waals surface area contributed by atoms with Gasteiger partial charge in [0.05, 0.1) is 5.41 Å². The van der Waals surface area contributed by atoms with Gasteiger partial charge in [-0.25, -0.2) is 0 Å². The van der Waals surface area contributed by atoms with Crippen molar-refractivity contribution in [3.8, 4) is 0 Å². The molecule has 0 aromatic heterocycles. The molecule has 1 saturated carbocycles. The van der Waals surface area contributed by atoms with Gasteiger partial charge in [-0.3, -0.25) is 14.5 Å². The third-order valence-electron chi connectivity index (χ3n) is 5.24. The van der Waals surface area contributed by atoms with Crippen molar-refractivity contribution in [2.24, 2.45) is 16.7 Å². The number of unbranched alkanes of at least 4 members (excludes halogenated alkanes) is 1. The SMILES string of the molecule is CCCCN1C(=O)[C@@H]2CC[C@](C)(C1=O)C2(C)C. The summed E-state index contributed by atoms with van der Waals surface area (Å²) in [4.78, 5) is 26.4. The Bertz CT molecular complexity index is 361. The highest BCUT2D eigenvalue weighted by Gasteiger charge is 2.64. The van der Waals surface area contributed by atoms with Crippen molar-refractivity contribution in [3.05, 3.63) is 0 Å². The zero-order valence-corrected chi connectivity index (χ0v) is 11.4. The summed E-state index contributed by atoms with van der Waals surface area (Å²) in [6.07, 6.45) is 3.66. The fourth-order valence-electron chi connectivity index (χ4n) is 3.43. The second kappa shape index (κ2) is 3.82. The van der Waals surface area contributed by atoms with Gasteiger partial charge in [-0.05, 0) is 24.7 Å². The molecule has 3 heteroatoms. The number of hydrogen-bond acceptors (Lipinski definition) is 2. The highest BCUT2D eigenvalue weighted by atomic mass is 16.2. The van der Waals surface area contributed by atoms with Gasteiger partial charge < -0.3 is 0 Å². The topological polar surface area (TPSA) is 37.4 Å². The van der Waals surface area contributed by atoms with E-state index in [2.05, 4.69) is 20.8 Å². The minimum atomic E-state index is -0.334. The summed E-state index contributed by atoms with van der Waals surface area (Å²) in [5.41, 5.74) is -0.511. The number of piperidine rings is 1. The smallest absolute Gasteiger partial charge is 0.235 e. The molecule has 0 unspecified atom stereocenters. The third-order valence-corrected chi connectivity index (χ3v) is 5.24. The summed E-state index contributed by atoms with van der Waals surface area (Å²) < 4.78 is 0.